The molecule has 0 radical (unpaired) electrons. The van der Waals surface area contributed by atoms with Crippen LogP contribution in [0.2, 0.25) is 0 Å². The third-order valence-corrected chi connectivity index (χ3v) is 4.24. The molecule has 6 heteroatoms. The lowest BCUT2D eigenvalue weighted by molar-refractivity contribution is 0.102. The number of halogens is 1. The number of amides is 1. The lowest BCUT2D eigenvalue weighted by atomic mass is 10.0. The highest BCUT2D eigenvalue weighted by Gasteiger charge is 2.21. The SMILES string of the molecule is Cc1nn(C)c(F)c1C(=O)Nc1cc(C#CC(C)(C)O)ccc1-c1ccccc1. The molecule has 2 aromatic carbocycles. The summed E-state index contributed by atoms with van der Waals surface area (Å²) in [6.45, 7) is 4.77. The van der Waals surface area contributed by atoms with Crippen LogP contribution in [-0.4, -0.2) is 26.4 Å². The maximum Gasteiger partial charge on any atom is 0.262 e. The van der Waals surface area contributed by atoms with E-state index < -0.39 is 17.5 Å². The maximum absolute atomic E-state index is 14.3. The first-order valence-electron chi connectivity index (χ1n) is 9.11. The minimum atomic E-state index is -1.14. The standard InChI is InChI=1S/C23H22FN3O2/c1-15-20(21(24)27(4)26-15)22(28)25-19-14-16(12-13-23(2,3)29)10-11-18(19)17-8-6-5-7-9-17/h5-11,14,29H,1-4H3,(H,25,28). The molecule has 0 aliphatic rings. The second-order valence-corrected chi connectivity index (χ2v) is 7.26. The number of nitrogens with zero attached hydrogens (tertiary/aromatic N) is 2. The molecule has 2 N–H and O–H groups in total. The molecule has 5 nitrogen and oxygen atoms in total. The van der Waals surface area contributed by atoms with E-state index in [1.165, 1.54) is 7.05 Å². The fourth-order valence-corrected chi connectivity index (χ4v) is 2.89. The van der Waals surface area contributed by atoms with Gasteiger partial charge in [-0.2, -0.15) is 9.49 Å². The van der Waals surface area contributed by atoms with E-state index in [-0.39, 0.29) is 5.56 Å². The molecule has 0 fully saturated rings. The van der Waals surface area contributed by atoms with E-state index >= 15 is 0 Å². The van der Waals surface area contributed by atoms with Gasteiger partial charge >= 0.3 is 0 Å². The van der Waals surface area contributed by atoms with Crippen LogP contribution in [0.5, 0.6) is 0 Å². The van der Waals surface area contributed by atoms with Crippen molar-refractivity contribution in [2.75, 3.05) is 5.32 Å². The number of hydrogen-bond donors (Lipinski definition) is 2. The molecule has 0 aliphatic heterocycles. The normalized spacial score (nSPS) is 11.0. The predicted molar refractivity (Wildman–Crippen MR) is 111 cm³/mol. The number of benzene rings is 2. The molecule has 0 unspecified atom stereocenters. The van der Waals surface area contributed by atoms with E-state index in [0.717, 1.165) is 15.8 Å². The smallest absolute Gasteiger partial charge is 0.262 e. The predicted octanol–water partition coefficient (Wildman–Crippen LogP) is 3.91. The van der Waals surface area contributed by atoms with Crippen molar-refractivity contribution in [2.45, 2.75) is 26.4 Å². The average molecular weight is 391 g/mol. The largest absolute Gasteiger partial charge is 0.378 e. The fraction of sp³-hybridized carbons (Fsp3) is 0.217. The van der Waals surface area contributed by atoms with Gasteiger partial charge in [0, 0.05) is 18.2 Å². The van der Waals surface area contributed by atoms with Crippen molar-refractivity contribution in [3.63, 3.8) is 0 Å². The summed E-state index contributed by atoms with van der Waals surface area (Å²) in [4.78, 5) is 12.8. The Morgan fingerprint density at radius 2 is 1.90 bits per heavy atom. The van der Waals surface area contributed by atoms with Gasteiger partial charge in [0.05, 0.1) is 11.4 Å². The first-order valence-corrected chi connectivity index (χ1v) is 9.11. The third-order valence-electron chi connectivity index (χ3n) is 4.24. The van der Waals surface area contributed by atoms with Crippen molar-refractivity contribution in [3.05, 3.63) is 71.3 Å². The molecule has 0 aliphatic carbocycles. The molecule has 0 saturated heterocycles. The average Bonchev–Trinajstić information content (AvgIpc) is 2.92. The van der Waals surface area contributed by atoms with Crippen LogP contribution in [0.25, 0.3) is 11.1 Å². The van der Waals surface area contributed by atoms with Gasteiger partial charge in [-0.3, -0.25) is 4.79 Å². The number of carbonyl (C=O) groups is 1. The van der Waals surface area contributed by atoms with Gasteiger partial charge in [-0.25, -0.2) is 4.68 Å². The molecule has 1 amide bonds. The molecular formula is C23H22FN3O2. The van der Waals surface area contributed by atoms with Gasteiger partial charge in [-0.05, 0) is 38.5 Å². The van der Waals surface area contributed by atoms with Crippen molar-refractivity contribution in [1.29, 1.82) is 0 Å². The first kappa shape index (κ1) is 20.3. The third kappa shape index (κ3) is 4.71. The lowest BCUT2D eigenvalue weighted by Crippen LogP contribution is -2.15. The number of aliphatic hydroxyl groups is 1. The summed E-state index contributed by atoms with van der Waals surface area (Å²) < 4.78 is 15.4. The molecule has 3 rings (SSSR count). The monoisotopic (exact) mass is 391 g/mol. The zero-order valence-corrected chi connectivity index (χ0v) is 16.7. The molecule has 1 aromatic heterocycles. The van der Waals surface area contributed by atoms with Crippen molar-refractivity contribution < 1.29 is 14.3 Å². The Morgan fingerprint density at radius 3 is 2.48 bits per heavy atom. The molecule has 148 valence electrons. The van der Waals surface area contributed by atoms with Crippen LogP contribution in [-0.2, 0) is 7.05 Å². The van der Waals surface area contributed by atoms with Crippen molar-refractivity contribution in [3.8, 4) is 23.0 Å². The topological polar surface area (TPSA) is 67.2 Å². The highest BCUT2D eigenvalue weighted by molar-refractivity contribution is 6.07. The minimum Gasteiger partial charge on any atom is -0.378 e. The van der Waals surface area contributed by atoms with E-state index in [4.69, 9.17) is 0 Å². The highest BCUT2D eigenvalue weighted by Crippen LogP contribution is 2.30. The summed E-state index contributed by atoms with van der Waals surface area (Å²) in [5.74, 6) is 4.37. The number of rotatable bonds is 3. The van der Waals surface area contributed by atoms with Gasteiger partial charge in [0.25, 0.3) is 5.91 Å². The van der Waals surface area contributed by atoms with Crippen LogP contribution < -0.4 is 5.32 Å². The summed E-state index contributed by atoms with van der Waals surface area (Å²) >= 11 is 0. The second kappa shape index (κ2) is 7.90. The highest BCUT2D eigenvalue weighted by atomic mass is 19.1. The van der Waals surface area contributed by atoms with Gasteiger partial charge in [-0.15, -0.1) is 0 Å². The van der Waals surface area contributed by atoms with Crippen LogP contribution >= 0.6 is 0 Å². The van der Waals surface area contributed by atoms with E-state index in [0.29, 0.717) is 16.9 Å². The molecule has 0 atom stereocenters. The van der Waals surface area contributed by atoms with Crippen molar-refractivity contribution in [2.24, 2.45) is 7.05 Å². The molecule has 0 bridgehead atoms. The Kier molecular flexibility index (Phi) is 5.53. The number of carbonyl (C=O) groups excluding carboxylic acids is 1. The Hall–Kier alpha value is -3.43. The van der Waals surface area contributed by atoms with E-state index in [9.17, 15) is 14.3 Å². The molecule has 1 heterocycles. The van der Waals surface area contributed by atoms with Crippen LogP contribution in [0, 0.1) is 24.7 Å². The van der Waals surface area contributed by atoms with Crippen LogP contribution in [0.3, 0.4) is 0 Å². The second-order valence-electron chi connectivity index (χ2n) is 7.26. The summed E-state index contributed by atoms with van der Waals surface area (Å²) in [7, 11) is 1.45. The van der Waals surface area contributed by atoms with Crippen molar-refractivity contribution in [1.82, 2.24) is 9.78 Å². The van der Waals surface area contributed by atoms with Crippen molar-refractivity contribution >= 4 is 11.6 Å². The van der Waals surface area contributed by atoms with Gasteiger partial charge in [-0.1, -0.05) is 48.2 Å². The molecule has 29 heavy (non-hydrogen) atoms. The lowest BCUT2D eigenvalue weighted by Gasteiger charge is -2.12. The first-order chi connectivity index (χ1) is 13.7. The van der Waals surface area contributed by atoms with Gasteiger partial charge in [0.15, 0.2) is 0 Å². The number of aryl methyl sites for hydroxylation is 2. The minimum absolute atomic E-state index is 0.0977. The van der Waals surface area contributed by atoms with Crippen LogP contribution in [0.15, 0.2) is 48.5 Å². The van der Waals surface area contributed by atoms with E-state index in [1.807, 2.05) is 42.5 Å². The molecular weight excluding hydrogens is 369 g/mol. The van der Waals surface area contributed by atoms with Crippen LogP contribution in [0.1, 0.15) is 35.5 Å². The number of aromatic nitrogens is 2. The molecule has 3 aromatic rings. The molecule has 0 saturated carbocycles. The number of hydrogen-bond acceptors (Lipinski definition) is 3. The number of anilines is 1. The summed E-state index contributed by atoms with van der Waals surface area (Å²) in [6.07, 6.45) is 0. The Bertz CT molecular complexity index is 1120. The Labute approximate surface area is 169 Å². The Morgan fingerprint density at radius 1 is 1.21 bits per heavy atom. The zero-order chi connectivity index (χ0) is 21.2. The molecule has 0 spiro atoms. The quantitative estimate of drug-likeness (QED) is 0.666. The van der Waals surface area contributed by atoms with E-state index in [2.05, 4.69) is 22.3 Å². The Balaban J connectivity index is 2.05. The summed E-state index contributed by atoms with van der Waals surface area (Å²) in [5, 5.41) is 16.6. The summed E-state index contributed by atoms with van der Waals surface area (Å²) in [6, 6.07) is 14.9. The van der Waals surface area contributed by atoms with Crippen LogP contribution in [0.4, 0.5) is 10.1 Å². The van der Waals surface area contributed by atoms with Gasteiger partial charge in [0.1, 0.15) is 11.2 Å². The van der Waals surface area contributed by atoms with Gasteiger partial charge < -0.3 is 10.4 Å². The number of nitrogens with one attached hydrogen (secondary N) is 1. The summed E-state index contributed by atoms with van der Waals surface area (Å²) in [5.41, 5.74) is 1.85. The zero-order valence-electron chi connectivity index (χ0n) is 16.7. The van der Waals surface area contributed by atoms with Gasteiger partial charge in [0.2, 0.25) is 5.95 Å². The fourth-order valence-electron chi connectivity index (χ4n) is 2.89. The maximum atomic E-state index is 14.3. The van der Waals surface area contributed by atoms with E-state index in [1.54, 1.807) is 26.8 Å².